The van der Waals surface area contributed by atoms with Crippen molar-refractivity contribution in [3.8, 4) is 0 Å². The molecule has 8 heteroatoms. The predicted octanol–water partition coefficient (Wildman–Crippen LogP) is 15.8. The highest BCUT2D eigenvalue weighted by Gasteiger charge is 2.25. The summed E-state index contributed by atoms with van der Waals surface area (Å²) in [7, 11) is 5.42. The number of aliphatic carboxylic acids is 1. The van der Waals surface area contributed by atoms with E-state index in [1.807, 2.05) is 21.1 Å². The third kappa shape index (κ3) is 48.3. The molecule has 0 aliphatic heterocycles. The molecule has 0 aliphatic carbocycles. The number of carboxylic acid groups (broad SMARTS) is 1. The molecule has 0 bridgehead atoms. The molecule has 8 nitrogen and oxygen atoms in total. The third-order valence-corrected chi connectivity index (χ3v) is 12.9. The molecular formula is C60H109NO7. The lowest BCUT2D eigenvalue weighted by molar-refractivity contribution is -0.889. The van der Waals surface area contributed by atoms with Crippen LogP contribution in [-0.4, -0.2) is 75.5 Å². The first-order chi connectivity index (χ1) is 33.1. The van der Waals surface area contributed by atoms with Gasteiger partial charge in [0.2, 0.25) is 0 Å². The molecule has 0 fully saturated rings. The standard InChI is InChI=1S/C60H109NO7/c1-6-8-10-12-14-16-18-20-22-24-26-28-29-31-33-35-37-39-41-43-45-47-49-51-59(63)68-56(54-66-53-52-57(60(64)65)61(3,4)5)55-67-58(62)50-48-46-44-42-40-38-36-34-32-30-27-25-23-21-19-17-15-13-11-9-7-2/h9,11,15,17,21,23,31,33,56-57H,6-8,10,12-14,16,18-20,22,24-30,32,34-55H2,1-5H3/b11-9+,17-15+,23-21+,33-31+. The molecule has 0 amide bonds. The van der Waals surface area contributed by atoms with Gasteiger partial charge in [-0.2, -0.15) is 0 Å². The van der Waals surface area contributed by atoms with Gasteiger partial charge in [-0.05, 0) is 70.6 Å². The highest BCUT2D eigenvalue weighted by molar-refractivity contribution is 5.70. The van der Waals surface area contributed by atoms with Crippen LogP contribution >= 0.6 is 0 Å². The molecular weight excluding hydrogens is 847 g/mol. The Bertz CT molecular complexity index is 1250. The molecule has 0 saturated carbocycles. The van der Waals surface area contributed by atoms with Crippen LogP contribution in [-0.2, 0) is 28.6 Å². The minimum absolute atomic E-state index is 0.0394. The maximum atomic E-state index is 12.8. The van der Waals surface area contributed by atoms with Gasteiger partial charge in [-0.3, -0.25) is 9.59 Å². The number of rotatable bonds is 52. The minimum atomic E-state index is -1.12. The lowest BCUT2D eigenvalue weighted by atomic mass is 10.0. The number of ether oxygens (including phenoxy) is 3. The van der Waals surface area contributed by atoms with Gasteiger partial charge in [0.1, 0.15) is 12.6 Å². The second kappa shape index (κ2) is 50.7. The molecule has 0 N–H and O–H groups in total. The van der Waals surface area contributed by atoms with Gasteiger partial charge in [-0.25, -0.2) is 0 Å². The van der Waals surface area contributed by atoms with Crippen LogP contribution in [0.1, 0.15) is 264 Å². The van der Waals surface area contributed by atoms with E-state index in [4.69, 9.17) is 14.2 Å². The Labute approximate surface area is 420 Å². The van der Waals surface area contributed by atoms with Crippen molar-refractivity contribution >= 4 is 17.9 Å². The summed E-state index contributed by atoms with van der Waals surface area (Å²) < 4.78 is 17.3. The Balaban J connectivity index is 4.17. The molecule has 0 aromatic carbocycles. The number of allylic oxidation sites excluding steroid dienone is 8. The van der Waals surface area contributed by atoms with Gasteiger partial charge in [0.05, 0.1) is 40.3 Å². The van der Waals surface area contributed by atoms with Crippen molar-refractivity contribution in [2.24, 2.45) is 0 Å². The van der Waals surface area contributed by atoms with Gasteiger partial charge in [-0.1, -0.05) is 223 Å². The normalized spacial score (nSPS) is 13.1. The summed E-state index contributed by atoms with van der Waals surface area (Å²) in [5, 5.41) is 11.7. The number of carbonyl (C=O) groups excluding carboxylic acids is 3. The summed E-state index contributed by atoms with van der Waals surface area (Å²) in [5.74, 6) is -1.73. The van der Waals surface area contributed by atoms with Crippen LogP contribution in [0.2, 0.25) is 0 Å². The Morgan fingerprint density at radius 2 is 0.824 bits per heavy atom. The Morgan fingerprint density at radius 1 is 0.456 bits per heavy atom. The van der Waals surface area contributed by atoms with Crippen molar-refractivity contribution in [2.45, 2.75) is 276 Å². The molecule has 0 aromatic heterocycles. The fraction of sp³-hybridized carbons (Fsp3) is 0.817. The van der Waals surface area contributed by atoms with Crippen LogP contribution < -0.4 is 5.11 Å². The van der Waals surface area contributed by atoms with Gasteiger partial charge in [-0.15, -0.1) is 0 Å². The summed E-state index contributed by atoms with van der Waals surface area (Å²) >= 11 is 0. The van der Waals surface area contributed by atoms with Crippen molar-refractivity contribution < 1.29 is 38.2 Å². The quantitative estimate of drug-likeness (QED) is 0.0259. The van der Waals surface area contributed by atoms with E-state index in [-0.39, 0.29) is 42.7 Å². The first kappa shape index (κ1) is 65.3. The van der Waals surface area contributed by atoms with E-state index in [0.29, 0.717) is 12.8 Å². The molecule has 0 spiro atoms. The van der Waals surface area contributed by atoms with E-state index < -0.39 is 18.1 Å². The van der Waals surface area contributed by atoms with Crippen molar-refractivity contribution in [3.05, 3.63) is 48.6 Å². The van der Waals surface area contributed by atoms with Gasteiger partial charge in [0.15, 0.2) is 6.10 Å². The smallest absolute Gasteiger partial charge is 0.306 e. The fourth-order valence-electron chi connectivity index (χ4n) is 8.55. The maximum absolute atomic E-state index is 12.8. The largest absolute Gasteiger partial charge is 0.544 e. The lowest BCUT2D eigenvalue weighted by Gasteiger charge is -2.34. The van der Waals surface area contributed by atoms with Gasteiger partial charge < -0.3 is 28.6 Å². The van der Waals surface area contributed by atoms with Crippen molar-refractivity contribution in [1.82, 2.24) is 0 Å². The third-order valence-electron chi connectivity index (χ3n) is 12.9. The van der Waals surface area contributed by atoms with Gasteiger partial charge in [0.25, 0.3) is 0 Å². The molecule has 0 saturated heterocycles. The molecule has 396 valence electrons. The second-order valence-corrected chi connectivity index (χ2v) is 20.5. The van der Waals surface area contributed by atoms with E-state index in [0.717, 1.165) is 57.8 Å². The zero-order valence-electron chi connectivity index (χ0n) is 45.3. The lowest BCUT2D eigenvalue weighted by Crippen LogP contribution is -2.55. The minimum Gasteiger partial charge on any atom is -0.544 e. The van der Waals surface area contributed by atoms with Crippen LogP contribution in [0.4, 0.5) is 0 Å². The number of quaternary nitrogens is 1. The number of carbonyl (C=O) groups is 3. The molecule has 0 aliphatic rings. The topological polar surface area (TPSA) is 102 Å². The molecule has 0 rings (SSSR count). The van der Waals surface area contributed by atoms with Crippen molar-refractivity contribution in [3.63, 3.8) is 0 Å². The van der Waals surface area contributed by atoms with Crippen LogP contribution in [0, 0.1) is 0 Å². The molecule has 0 aromatic rings. The highest BCUT2D eigenvalue weighted by atomic mass is 16.6. The summed E-state index contributed by atoms with van der Waals surface area (Å²) in [6.45, 7) is 4.59. The predicted molar refractivity (Wildman–Crippen MR) is 286 cm³/mol. The van der Waals surface area contributed by atoms with Crippen molar-refractivity contribution in [2.75, 3.05) is 41.0 Å². The number of hydrogen-bond acceptors (Lipinski definition) is 7. The maximum Gasteiger partial charge on any atom is 0.306 e. The Kier molecular flexibility index (Phi) is 48.7. The number of hydrogen-bond donors (Lipinski definition) is 0. The van der Waals surface area contributed by atoms with Crippen LogP contribution in [0.15, 0.2) is 48.6 Å². The molecule has 2 unspecified atom stereocenters. The summed E-state index contributed by atoms with van der Waals surface area (Å²) in [6.07, 6.45) is 63.0. The van der Waals surface area contributed by atoms with E-state index in [9.17, 15) is 19.5 Å². The monoisotopic (exact) mass is 956 g/mol. The Morgan fingerprint density at radius 3 is 1.24 bits per heavy atom. The van der Waals surface area contributed by atoms with E-state index in [1.54, 1.807) is 0 Å². The van der Waals surface area contributed by atoms with Crippen molar-refractivity contribution in [1.29, 1.82) is 0 Å². The zero-order chi connectivity index (χ0) is 49.9. The average Bonchev–Trinajstić information content (AvgIpc) is 3.30. The van der Waals surface area contributed by atoms with E-state index in [2.05, 4.69) is 62.5 Å². The van der Waals surface area contributed by atoms with Gasteiger partial charge in [0, 0.05) is 19.3 Å². The number of unbranched alkanes of at least 4 members (excludes halogenated alkanes) is 30. The molecule has 68 heavy (non-hydrogen) atoms. The van der Waals surface area contributed by atoms with Gasteiger partial charge >= 0.3 is 11.9 Å². The first-order valence-electron chi connectivity index (χ1n) is 28.7. The SMILES string of the molecule is CC/C=C/C/C=C/C/C=C/CCCCCCCCCCCCCC(=O)OCC(COCCC(C(=O)[O-])[N+](C)(C)C)OC(=O)CCCCCCCCC/C=C/CCCCCCCCCCCCCC. The fourth-order valence-corrected chi connectivity index (χ4v) is 8.55. The van der Waals surface area contributed by atoms with E-state index in [1.165, 1.54) is 173 Å². The number of esters is 2. The first-order valence-corrected chi connectivity index (χ1v) is 28.7. The average molecular weight is 957 g/mol. The zero-order valence-corrected chi connectivity index (χ0v) is 45.3. The van der Waals surface area contributed by atoms with Crippen LogP contribution in [0.5, 0.6) is 0 Å². The number of nitrogens with zero attached hydrogens (tertiary/aromatic N) is 1. The number of carboxylic acids is 1. The molecule has 2 atom stereocenters. The molecule has 0 heterocycles. The molecule has 0 radical (unpaired) electrons. The summed E-state index contributed by atoms with van der Waals surface area (Å²) in [6, 6.07) is -0.728. The second-order valence-electron chi connectivity index (χ2n) is 20.5. The summed E-state index contributed by atoms with van der Waals surface area (Å²) in [5.41, 5.74) is 0. The van der Waals surface area contributed by atoms with Crippen LogP contribution in [0.25, 0.3) is 0 Å². The van der Waals surface area contributed by atoms with E-state index >= 15 is 0 Å². The Hall–Kier alpha value is -2.71. The van der Waals surface area contributed by atoms with Crippen LogP contribution in [0.3, 0.4) is 0 Å². The highest BCUT2D eigenvalue weighted by Crippen LogP contribution is 2.16. The number of likely N-dealkylation sites (N-methyl/N-ethyl adjacent to an activating group) is 1. The summed E-state index contributed by atoms with van der Waals surface area (Å²) in [4.78, 5) is 37.2.